The molecule has 0 atom stereocenters. The van der Waals surface area contributed by atoms with Crippen molar-refractivity contribution in [3.63, 3.8) is 0 Å². The summed E-state index contributed by atoms with van der Waals surface area (Å²) < 4.78 is 0. The first kappa shape index (κ1) is 19.5. The summed E-state index contributed by atoms with van der Waals surface area (Å²) in [6, 6.07) is 17.4. The number of benzene rings is 2. The largest absolute Gasteiger partial charge is 0.369 e. The average Bonchev–Trinajstić information content (AvgIpc) is 3.23. The van der Waals surface area contributed by atoms with E-state index in [0.29, 0.717) is 23.0 Å². The van der Waals surface area contributed by atoms with Gasteiger partial charge in [-0.25, -0.2) is 0 Å². The molecule has 0 radical (unpaired) electrons. The Labute approximate surface area is 175 Å². The molecule has 3 aromatic rings. The first-order valence-electron chi connectivity index (χ1n) is 9.71. The van der Waals surface area contributed by atoms with Crippen molar-refractivity contribution in [1.82, 2.24) is 20.4 Å². The van der Waals surface area contributed by atoms with Crippen LogP contribution in [0.2, 0.25) is 5.02 Å². The molecule has 1 saturated heterocycles. The monoisotopic (exact) mass is 409 g/mol. The smallest absolute Gasteiger partial charge is 0.269 e. The fourth-order valence-corrected chi connectivity index (χ4v) is 3.71. The van der Waals surface area contributed by atoms with Crippen LogP contribution in [0.5, 0.6) is 0 Å². The normalized spacial score (nSPS) is 14.8. The quantitative estimate of drug-likeness (QED) is 0.677. The highest BCUT2D eigenvalue weighted by Crippen LogP contribution is 2.23. The van der Waals surface area contributed by atoms with E-state index < -0.39 is 0 Å². The van der Waals surface area contributed by atoms with Gasteiger partial charge >= 0.3 is 0 Å². The number of amides is 1. The molecular weight excluding hydrogens is 386 g/mol. The predicted molar refractivity (Wildman–Crippen MR) is 116 cm³/mol. The summed E-state index contributed by atoms with van der Waals surface area (Å²) in [7, 11) is 2.14. The number of hydrogen-bond donors (Lipinski definition) is 2. The van der Waals surface area contributed by atoms with Crippen LogP contribution < -0.4 is 10.2 Å². The molecule has 1 amide bonds. The van der Waals surface area contributed by atoms with Gasteiger partial charge in [-0.2, -0.15) is 5.10 Å². The fraction of sp³-hybridized carbons (Fsp3) is 0.273. The molecule has 7 heteroatoms. The van der Waals surface area contributed by atoms with Crippen molar-refractivity contribution in [1.29, 1.82) is 0 Å². The van der Waals surface area contributed by atoms with E-state index in [2.05, 4.69) is 44.5 Å². The number of halogens is 1. The third kappa shape index (κ3) is 4.60. The molecular formula is C22H24ClN5O. The van der Waals surface area contributed by atoms with Crippen LogP contribution in [0.25, 0.3) is 11.3 Å². The molecule has 150 valence electrons. The van der Waals surface area contributed by atoms with Gasteiger partial charge in [0.2, 0.25) is 0 Å². The minimum atomic E-state index is -0.182. The molecule has 0 saturated carbocycles. The van der Waals surface area contributed by atoms with Gasteiger partial charge in [0, 0.05) is 49.0 Å². The van der Waals surface area contributed by atoms with Gasteiger partial charge in [0.1, 0.15) is 5.69 Å². The third-order valence-corrected chi connectivity index (χ3v) is 5.45. The van der Waals surface area contributed by atoms with Crippen molar-refractivity contribution >= 4 is 23.2 Å². The van der Waals surface area contributed by atoms with E-state index in [-0.39, 0.29) is 5.91 Å². The van der Waals surface area contributed by atoms with Gasteiger partial charge < -0.3 is 15.1 Å². The molecule has 1 aliphatic rings. The zero-order chi connectivity index (χ0) is 20.2. The molecule has 0 bridgehead atoms. The van der Waals surface area contributed by atoms with E-state index in [1.807, 2.05) is 36.4 Å². The first-order chi connectivity index (χ1) is 14.1. The van der Waals surface area contributed by atoms with Crippen LogP contribution in [0.3, 0.4) is 0 Å². The number of piperazine rings is 1. The second-order valence-corrected chi connectivity index (χ2v) is 7.72. The second kappa shape index (κ2) is 8.68. The van der Waals surface area contributed by atoms with Crippen LogP contribution >= 0.6 is 11.6 Å². The molecule has 0 aliphatic carbocycles. The van der Waals surface area contributed by atoms with E-state index in [4.69, 9.17) is 11.6 Å². The highest BCUT2D eigenvalue weighted by Gasteiger charge is 2.17. The summed E-state index contributed by atoms with van der Waals surface area (Å²) in [5.41, 5.74) is 4.28. The van der Waals surface area contributed by atoms with Crippen molar-refractivity contribution in [3.8, 4) is 11.3 Å². The first-order valence-corrected chi connectivity index (χ1v) is 10.1. The molecule has 2 heterocycles. The molecule has 6 nitrogen and oxygen atoms in total. The Kier molecular flexibility index (Phi) is 5.83. The maximum Gasteiger partial charge on any atom is 0.269 e. The van der Waals surface area contributed by atoms with E-state index >= 15 is 0 Å². The number of para-hydroxylation sites is 1. The second-order valence-electron chi connectivity index (χ2n) is 7.28. The molecule has 4 rings (SSSR count). The summed E-state index contributed by atoms with van der Waals surface area (Å²) in [6.45, 7) is 4.53. The number of nitrogens with zero attached hydrogens (tertiary/aromatic N) is 3. The molecule has 1 aliphatic heterocycles. The van der Waals surface area contributed by atoms with Crippen molar-refractivity contribution in [2.24, 2.45) is 0 Å². The van der Waals surface area contributed by atoms with E-state index in [1.165, 1.54) is 5.69 Å². The standard InChI is InChI=1S/C22H24ClN5O/c1-27-9-11-28(12-10-27)21-8-3-2-5-17(21)15-24-22(29)20-14-19(25-26-20)16-6-4-7-18(23)13-16/h2-8,13-14H,9-12,15H2,1H3,(H,24,29)(H,25,26). The van der Waals surface area contributed by atoms with Gasteiger partial charge in [-0.05, 0) is 36.9 Å². The SMILES string of the molecule is CN1CCN(c2ccccc2CNC(=O)c2cc(-c3cccc(Cl)c3)n[nH]2)CC1. The Hall–Kier alpha value is -2.83. The van der Waals surface area contributed by atoms with Crippen molar-refractivity contribution in [2.45, 2.75) is 6.54 Å². The lowest BCUT2D eigenvalue weighted by molar-refractivity contribution is 0.0946. The minimum absolute atomic E-state index is 0.182. The Balaban J connectivity index is 1.43. The Bertz CT molecular complexity index is 994. The van der Waals surface area contributed by atoms with Crippen LogP contribution in [0.15, 0.2) is 54.6 Å². The van der Waals surface area contributed by atoms with Gasteiger partial charge in [-0.15, -0.1) is 0 Å². The summed E-state index contributed by atoms with van der Waals surface area (Å²) in [4.78, 5) is 17.3. The maximum absolute atomic E-state index is 12.6. The van der Waals surface area contributed by atoms with Gasteiger partial charge in [-0.3, -0.25) is 9.89 Å². The summed E-state index contributed by atoms with van der Waals surface area (Å²) in [5, 5.41) is 10.7. The van der Waals surface area contributed by atoms with Crippen LogP contribution in [-0.4, -0.2) is 54.2 Å². The predicted octanol–water partition coefficient (Wildman–Crippen LogP) is 3.41. The molecule has 2 aromatic carbocycles. The van der Waals surface area contributed by atoms with Crippen molar-refractivity contribution < 1.29 is 4.79 Å². The lowest BCUT2D eigenvalue weighted by Gasteiger charge is -2.35. The number of anilines is 1. The number of nitrogens with one attached hydrogen (secondary N) is 2. The van der Waals surface area contributed by atoms with Gasteiger partial charge in [0.05, 0.1) is 5.69 Å². The van der Waals surface area contributed by atoms with Gasteiger partial charge in [-0.1, -0.05) is 41.9 Å². The zero-order valence-electron chi connectivity index (χ0n) is 16.4. The highest BCUT2D eigenvalue weighted by molar-refractivity contribution is 6.30. The van der Waals surface area contributed by atoms with E-state index in [9.17, 15) is 4.79 Å². The average molecular weight is 410 g/mol. The van der Waals surface area contributed by atoms with Crippen LogP contribution in [-0.2, 0) is 6.54 Å². The molecule has 0 unspecified atom stereocenters. The van der Waals surface area contributed by atoms with Crippen LogP contribution in [0.4, 0.5) is 5.69 Å². The Morgan fingerprint density at radius 2 is 1.90 bits per heavy atom. The molecule has 0 spiro atoms. The number of hydrogen-bond acceptors (Lipinski definition) is 4. The number of aromatic amines is 1. The lowest BCUT2D eigenvalue weighted by Crippen LogP contribution is -2.45. The van der Waals surface area contributed by atoms with E-state index in [0.717, 1.165) is 37.3 Å². The number of likely N-dealkylation sites (N-methyl/N-ethyl adjacent to an activating group) is 1. The molecule has 1 fully saturated rings. The van der Waals surface area contributed by atoms with E-state index in [1.54, 1.807) is 6.07 Å². The maximum atomic E-state index is 12.6. The zero-order valence-corrected chi connectivity index (χ0v) is 17.1. The lowest BCUT2D eigenvalue weighted by atomic mass is 10.1. The molecule has 2 N–H and O–H groups in total. The van der Waals surface area contributed by atoms with Gasteiger partial charge in [0.15, 0.2) is 0 Å². The molecule has 29 heavy (non-hydrogen) atoms. The number of H-pyrrole nitrogens is 1. The third-order valence-electron chi connectivity index (χ3n) is 5.22. The number of carbonyl (C=O) groups excluding carboxylic acids is 1. The Morgan fingerprint density at radius 1 is 1.10 bits per heavy atom. The number of carbonyl (C=O) groups is 1. The fourth-order valence-electron chi connectivity index (χ4n) is 3.52. The summed E-state index contributed by atoms with van der Waals surface area (Å²) in [6.07, 6.45) is 0. The molecule has 1 aromatic heterocycles. The minimum Gasteiger partial charge on any atom is -0.369 e. The number of aromatic nitrogens is 2. The van der Waals surface area contributed by atoms with Crippen molar-refractivity contribution in [3.05, 3.63) is 70.9 Å². The van der Waals surface area contributed by atoms with Crippen molar-refractivity contribution in [2.75, 3.05) is 38.1 Å². The summed E-state index contributed by atoms with van der Waals surface area (Å²) >= 11 is 6.04. The van der Waals surface area contributed by atoms with Crippen LogP contribution in [0.1, 0.15) is 16.1 Å². The number of rotatable bonds is 5. The highest BCUT2D eigenvalue weighted by atomic mass is 35.5. The van der Waals surface area contributed by atoms with Crippen LogP contribution in [0, 0.1) is 0 Å². The van der Waals surface area contributed by atoms with Gasteiger partial charge in [0.25, 0.3) is 5.91 Å². The topological polar surface area (TPSA) is 64.3 Å². The summed E-state index contributed by atoms with van der Waals surface area (Å²) in [5.74, 6) is -0.182. The Morgan fingerprint density at radius 3 is 2.69 bits per heavy atom.